The van der Waals surface area contributed by atoms with Crippen LogP contribution in [-0.4, -0.2) is 68.2 Å². The van der Waals surface area contributed by atoms with Gasteiger partial charge in [-0.3, -0.25) is 9.69 Å². The van der Waals surface area contributed by atoms with Gasteiger partial charge in [0.15, 0.2) is 17.3 Å². The van der Waals surface area contributed by atoms with Crippen molar-refractivity contribution in [2.24, 2.45) is 0 Å². The lowest BCUT2D eigenvalue weighted by Crippen LogP contribution is -2.46. The standard InChI is InChI=1S/C29H34N4O4/c1-19-27-23(14-21(15-24(27)34)22-16-25(35-2)28(37-4)26(17-22)36-3)31-29(30-19)33-12-10-32(11-13-33)18-20-8-6-5-7-9-20/h5-9,16-17,21H,10-15,18H2,1-4H3. The summed E-state index contributed by atoms with van der Waals surface area (Å²) >= 11 is 0. The Morgan fingerprint density at radius 3 is 2.19 bits per heavy atom. The minimum absolute atomic E-state index is 0.0291. The van der Waals surface area contributed by atoms with E-state index in [0.717, 1.165) is 49.7 Å². The number of benzene rings is 2. The van der Waals surface area contributed by atoms with Crippen LogP contribution in [0.1, 0.15) is 45.2 Å². The Morgan fingerprint density at radius 1 is 0.892 bits per heavy atom. The summed E-state index contributed by atoms with van der Waals surface area (Å²) in [6, 6.07) is 14.4. The first-order valence-corrected chi connectivity index (χ1v) is 12.7. The zero-order valence-corrected chi connectivity index (χ0v) is 22.0. The second-order valence-corrected chi connectivity index (χ2v) is 9.67. The fraction of sp³-hybridized carbons (Fsp3) is 0.414. The highest BCUT2D eigenvalue weighted by Gasteiger charge is 2.32. The highest BCUT2D eigenvalue weighted by atomic mass is 16.5. The fourth-order valence-electron chi connectivity index (χ4n) is 5.42. The molecular formula is C29H34N4O4. The lowest BCUT2D eigenvalue weighted by molar-refractivity contribution is 0.0961. The molecule has 1 saturated heterocycles. The molecule has 2 aliphatic rings. The average molecular weight is 503 g/mol. The number of Topliss-reactive ketones (excluding diaryl/α,β-unsaturated/α-hetero) is 1. The molecule has 3 aromatic rings. The van der Waals surface area contributed by atoms with E-state index in [1.165, 1.54) is 5.56 Å². The molecule has 37 heavy (non-hydrogen) atoms. The largest absolute Gasteiger partial charge is 0.493 e. The number of ether oxygens (including phenoxy) is 3. The molecule has 1 aromatic heterocycles. The normalized spacial score (nSPS) is 17.9. The number of fused-ring (bicyclic) bond motifs is 1. The number of nitrogens with zero attached hydrogens (tertiary/aromatic N) is 4. The molecule has 1 aliphatic heterocycles. The van der Waals surface area contributed by atoms with Gasteiger partial charge in [-0.2, -0.15) is 0 Å². The van der Waals surface area contributed by atoms with Crippen molar-refractivity contribution in [3.05, 3.63) is 70.5 Å². The molecule has 0 bridgehead atoms. The number of carbonyl (C=O) groups excluding carboxylic acids is 1. The molecule has 1 fully saturated rings. The zero-order valence-electron chi connectivity index (χ0n) is 22.0. The maximum absolute atomic E-state index is 13.2. The third kappa shape index (κ3) is 5.11. The van der Waals surface area contributed by atoms with Crippen molar-refractivity contribution in [2.75, 3.05) is 52.4 Å². The fourth-order valence-corrected chi connectivity index (χ4v) is 5.42. The predicted octanol–water partition coefficient (Wildman–Crippen LogP) is 4.05. The van der Waals surface area contributed by atoms with Gasteiger partial charge in [-0.15, -0.1) is 0 Å². The van der Waals surface area contributed by atoms with E-state index < -0.39 is 0 Å². The van der Waals surface area contributed by atoms with Crippen LogP contribution in [-0.2, 0) is 13.0 Å². The van der Waals surface area contributed by atoms with Crippen LogP contribution in [0.25, 0.3) is 0 Å². The maximum atomic E-state index is 13.2. The molecule has 2 heterocycles. The summed E-state index contributed by atoms with van der Waals surface area (Å²) in [5, 5.41) is 0. The van der Waals surface area contributed by atoms with Gasteiger partial charge in [-0.05, 0) is 42.5 Å². The highest BCUT2D eigenvalue weighted by molar-refractivity contribution is 5.99. The number of aryl methyl sites for hydroxylation is 1. The van der Waals surface area contributed by atoms with E-state index in [1.54, 1.807) is 21.3 Å². The Morgan fingerprint density at radius 2 is 1.57 bits per heavy atom. The van der Waals surface area contributed by atoms with Crippen LogP contribution in [0.15, 0.2) is 42.5 Å². The van der Waals surface area contributed by atoms with E-state index in [1.807, 2.05) is 25.1 Å². The van der Waals surface area contributed by atoms with Gasteiger partial charge < -0.3 is 19.1 Å². The van der Waals surface area contributed by atoms with Crippen molar-refractivity contribution in [2.45, 2.75) is 32.2 Å². The predicted molar refractivity (Wildman–Crippen MR) is 142 cm³/mol. The second kappa shape index (κ2) is 10.8. The average Bonchev–Trinajstić information content (AvgIpc) is 2.92. The van der Waals surface area contributed by atoms with Gasteiger partial charge >= 0.3 is 0 Å². The van der Waals surface area contributed by atoms with E-state index in [-0.39, 0.29) is 11.7 Å². The third-order valence-corrected chi connectivity index (χ3v) is 7.37. The zero-order chi connectivity index (χ0) is 25.9. The van der Waals surface area contributed by atoms with Crippen molar-refractivity contribution >= 4 is 11.7 Å². The minimum atomic E-state index is -0.0291. The Hall–Kier alpha value is -3.65. The molecule has 194 valence electrons. The first-order valence-electron chi connectivity index (χ1n) is 12.7. The summed E-state index contributed by atoms with van der Waals surface area (Å²) in [4.78, 5) is 27.6. The molecule has 0 amide bonds. The van der Waals surface area contributed by atoms with Crippen molar-refractivity contribution in [1.82, 2.24) is 14.9 Å². The molecule has 0 radical (unpaired) electrons. The van der Waals surface area contributed by atoms with Crippen molar-refractivity contribution in [3.8, 4) is 17.2 Å². The van der Waals surface area contributed by atoms with Crippen molar-refractivity contribution < 1.29 is 19.0 Å². The van der Waals surface area contributed by atoms with Gasteiger partial charge in [0.2, 0.25) is 11.7 Å². The molecule has 1 unspecified atom stereocenters. The number of rotatable bonds is 7. The number of carbonyl (C=O) groups is 1. The van der Waals surface area contributed by atoms with E-state index in [2.05, 4.69) is 34.1 Å². The Kier molecular flexibility index (Phi) is 7.28. The summed E-state index contributed by atoms with van der Waals surface area (Å²) in [6.45, 7) is 6.48. The number of aromatic nitrogens is 2. The summed E-state index contributed by atoms with van der Waals surface area (Å²) in [5.41, 5.74) is 4.56. The van der Waals surface area contributed by atoms with Crippen LogP contribution in [0.5, 0.6) is 17.2 Å². The topological polar surface area (TPSA) is 77.0 Å². The molecule has 1 atom stereocenters. The Labute approximate surface area is 218 Å². The molecule has 8 nitrogen and oxygen atoms in total. The van der Waals surface area contributed by atoms with Crippen LogP contribution < -0.4 is 19.1 Å². The number of ketones is 1. The number of hydrogen-bond acceptors (Lipinski definition) is 8. The molecule has 0 spiro atoms. The van der Waals surface area contributed by atoms with Gasteiger partial charge in [-0.1, -0.05) is 30.3 Å². The molecule has 0 saturated carbocycles. The van der Waals surface area contributed by atoms with E-state index in [4.69, 9.17) is 24.2 Å². The molecule has 5 rings (SSSR count). The number of anilines is 1. The highest BCUT2D eigenvalue weighted by Crippen LogP contribution is 2.43. The molecule has 1 aliphatic carbocycles. The molecule has 0 N–H and O–H groups in total. The van der Waals surface area contributed by atoms with Crippen LogP contribution in [0, 0.1) is 6.92 Å². The Bertz CT molecular complexity index is 1250. The second-order valence-electron chi connectivity index (χ2n) is 9.67. The number of hydrogen-bond donors (Lipinski definition) is 0. The van der Waals surface area contributed by atoms with E-state index in [9.17, 15) is 4.79 Å². The smallest absolute Gasteiger partial charge is 0.225 e. The Balaban J connectivity index is 1.36. The summed E-state index contributed by atoms with van der Waals surface area (Å²) < 4.78 is 16.6. The monoisotopic (exact) mass is 502 g/mol. The van der Waals surface area contributed by atoms with E-state index >= 15 is 0 Å². The van der Waals surface area contributed by atoms with E-state index in [0.29, 0.717) is 41.6 Å². The van der Waals surface area contributed by atoms with Gasteiger partial charge in [0, 0.05) is 39.1 Å². The van der Waals surface area contributed by atoms with Gasteiger partial charge in [0.25, 0.3) is 0 Å². The van der Waals surface area contributed by atoms with Gasteiger partial charge in [0.1, 0.15) is 0 Å². The third-order valence-electron chi connectivity index (χ3n) is 7.37. The van der Waals surface area contributed by atoms with Gasteiger partial charge in [0.05, 0.1) is 38.3 Å². The SMILES string of the molecule is COc1cc(C2CC(=O)c3c(C)nc(N4CCN(Cc5ccccc5)CC4)nc3C2)cc(OC)c1OC. The summed E-state index contributed by atoms with van der Waals surface area (Å²) in [5.74, 6) is 2.48. The number of piperazine rings is 1. The first-order chi connectivity index (χ1) is 18.0. The van der Waals surface area contributed by atoms with Crippen LogP contribution in [0.2, 0.25) is 0 Å². The summed E-state index contributed by atoms with van der Waals surface area (Å²) in [7, 11) is 4.79. The summed E-state index contributed by atoms with van der Waals surface area (Å²) in [6.07, 6.45) is 1.05. The maximum Gasteiger partial charge on any atom is 0.225 e. The van der Waals surface area contributed by atoms with Crippen molar-refractivity contribution in [1.29, 1.82) is 0 Å². The van der Waals surface area contributed by atoms with Crippen molar-refractivity contribution in [3.63, 3.8) is 0 Å². The minimum Gasteiger partial charge on any atom is -0.493 e. The lowest BCUT2D eigenvalue weighted by atomic mass is 9.81. The molecule has 8 heteroatoms. The lowest BCUT2D eigenvalue weighted by Gasteiger charge is -2.35. The van der Waals surface area contributed by atoms with Crippen LogP contribution in [0.4, 0.5) is 5.95 Å². The molecular weight excluding hydrogens is 468 g/mol. The first kappa shape index (κ1) is 25.0. The quantitative estimate of drug-likeness (QED) is 0.479. The van der Waals surface area contributed by atoms with Crippen LogP contribution >= 0.6 is 0 Å². The number of methoxy groups -OCH3 is 3. The van der Waals surface area contributed by atoms with Crippen LogP contribution in [0.3, 0.4) is 0 Å². The van der Waals surface area contributed by atoms with Gasteiger partial charge in [-0.25, -0.2) is 9.97 Å². The molecule has 2 aromatic carbocycles.